The van der Waals surface area contributed by atoms with E-state index in [-0.39, 0.29) is 6.42 Å². The molecule has 0 unspecified atom stereocenters. The van der Waals surface area contributed by atoms with Crippen LogP contribution in [-0.2, 0) is 9.53 Å². The molecule has 40 heavy (non-hydrogen) atoms. The van der Waals surface area contributed by atoms with Crippen molar-refractivity contribution < 1.29 is 23.8 Å². The maximum atomic E-state index is 12.0. The molecule has 204 valence electrons. The van der Waals surface area contributed by atoms with Gasteiger partial charge in [0.05, 0.1) is 0 Å². The van der Waals surface area contributed by atoms with E-state index in [0.717, 1.165) is 49.1 Å². The van der Waals surface area contributed by atoms with Crippen molar-refractivity contribution in [1.82, 2.24) is 5.32 Å². The first-order chi connectivity index (χ1) is 19.2. The zero-order valence-electron chi connectivity index (χ0n) is 22.6. The van der Waals surface area contributed by atoms with Gasteiger partial charge in [0.15, 0.2) is 0 Å². The van der Waals surface area contributed by atoms with Crippen molar-refractivity contribution >= 4 is 45.8 Å². The average molecular weight is 554 g/mol. The summed E-state index contributed by atoms with van der Waals surface area (Å²) >= 11 is 1.55. The van der Waals surface area contributed by atoms with Crippen LogP contribution in [0.15, 0.2) is 100 Å². The molecule has 0 fully saturated rings. The van der Waals surface area contributed by atoms with Crippen LogP contribution in [-0.4, -0.2) is 34.6 Å². The number of para-hydroxylation sites is 2. The van der Waals surface area contributed by atoms with Gasteiger partial charge in [-0.15, -0.1) is 11.8 Å². The SMILES string of the molecule is CC(C)(C)OC(=O)N[C@@H](CCSc1cccc(-c2cccc(-c3cccc4c3oc3ccccc34)c2)c1)C(=O)O. The average Bonchev–Trinajstić information content (AvgIpc) is 3.31. The lowest BCUT2D eigenvalue weighted by Crippen LogP contribution is -2.43. The van der Waals surface area contributed by atoms with Crippen LogP contribution < -0.4 is 5.32 Å². The Bertz CT molecular complexity index is 1680. The maximum Gasteiger partial charge on any atom is 0.408 e. The first kappa shape index (κ1) is 27.3. The van der Waals surface area contributed by atoms with Crippen molar-refractivity contribution in [3.63, 3.8) is 0 Å². The topological polar surface area (TPSA) is 88.8 Å². The van der Waals surface area contributed by atoms with Gasteiger partial charge in [0.25, 0.3) is 0 Å². The van der Waals surface area contributed by atoms with Gasteiger partial charge in [-0.1, -0.05) is 66.7 Å². The second-order valence-corrected chi connectivity index (χ2v) is 11.7. The van der Waals surface area contributed by atoms with Crippen LogP contribution in [0, 0.1) is 0 Å². The quantitative estimate of drug-likeness (QED) is 0.188. The molecule has 1 aromatic heterocycles. The van der Waals surface area contributed by atoms with Gasteiger partial charge in [0, 0.05) is 27.0 Å². The van der Waals surface area contributed by atoms with E-state index in [1.165, 1.54) is 0 Å². The maximum absolute atomic E-state index is 12.0. The monoisotopic (exact) mass is 553 g/mol. The van der Waals surface area contributed by atoms with Crippen molar-refractivity contribution in [2.45, 2.75) is 43.7 Å². The number of carbonyl (C=O) groups is 2. The summed E-state index contributed by atoms with van der Waals surface area (Å²) < 4.78 is 11.5. The van der Waals surface area contributed by atoms with Crippen LogP contribution in [0.5, 0.6) is 0 Å². The summed E-state index contributed by atoms with van der Waals surface area (Å²) in [5.41, 5.74) is 5.29. The van der Waals surface area contributed by atoms with Crippen LogP contribution in [0.4, 0.5) is 4.79 Å². The number of furan rings is 1. The molecule has 1 amide bonds. The molecule has 0 aliphatic carbocycles. The number of carboxylic acid groups (broad SMARTS) is 1. The molecule has 0 saturated carbocycles. The van der Waals surface area contributed by atoms with E-state index in [1.54, 1.807) is 32.5 Å². The number of carbonyl (C=O) groups excluding carboxylic acids is 1. The highest BCUT2D eigenvalue weighted by Gasteiger charge is 2.23. The zero-order valence-corrected chi connectivity index (χ0v) is 23.5. The largest absolute Gasteiger partial charge is 0.480 e. The standard InChI is InChI=1S/C33H31NO5S/c1-33(2,3)39-32(37)34-28(31(35)36)17-18-40-24-12-7-10-22(20-24)21-9-6-11-23(19-21)25-14-8-15-27-26-13-4-5-16-29(26)38-30(25)27/h4-16,19-20,28H,17-18H2,1-3H3,(H,34,37)(H,35,36)/t28-/m0/s1. The number of aliphatic carboxylic acids is 1. The Morgan fingerprint density at radius 1 is 0.875 bits per heavy atom. The number of benzene rings is 4. The molecule has 0 aliphatic rings. The Kier molecular flexibility index (Phi) is 7.85. The molecule has 1 heterocycles. The van der Waals surface area contributed by atoms with Gasteiger partial charge >= 0.3 is 12.1 Å². The number of fused-ring (bicyclic) bond motifs is 3. The number of thioether (sulfide) groups is 1. The summed E-state index contributed by atoms with van der Waals surface area (Å²) in [6.45, 7) is 5.21. The Morgan fingerprint density at radius 2 is 1.55 bits per heavy atom. The molecule has 2 N–H and O–H groups in total. The first-order valence-electron chi connectivity index (χ1n) is 13.1. The van der Waals surface area contributed by atoms with Gasteiger partial charge in [0.2, 0.25) is 0 Å². The molecule has 0 radical (unpaired) electrons. The molecule has 0 saturated heterocycles. The zero-order chi connectivity index (χ0) is 28.3. The van der Waals surface area contributed by atoms with Crippen molar-refractivity contribution in [3.05, 3.63) is 91.0 Å². The van der Waals surface area contributed by atoms with Gasteiger partial charge in [-0.05, 0) is 68.1 Å². The molecule has 0 spiro atoms. The van der Waals surface area contributed by atoms with Gasteiger partial charge in [-0.25, -0.2) is 9.59 Å². The molecule has 5 aromatic rings. The van der Waals surface area contributed by atoms with Crippen molar-refractivity contribution in [2.75, 3.05) is 5.75 Å². The van der Waals surface area contributed by atoms with E-state index in [0.29, 0.717) is 5.75 Å². The third-order valence-corrected chi connectivity index (χ3v) is 7.44. The van der Waals surface area contributed by atoms with Crippen LogP contribution in [0.3, 0.4) is 0 Å². The predicted octanol–water partition coefficient (Wildman–Crippen LogP) is 8.38. The highest BCUT2D eigenvalue weighted by molar-refractivity contribution is 7.99. The molecule has 0 aliphatic heterocycles. The predicted molar refractivity (Wildman–Crippen MR) is 161 cm³/mol. The van der Waals surface area contributed by atoms with E-state index in [9.17, 15) is 14.7 Å². The van der Waals surface area contributed by atoms with E-state index in [4.69, 9.17) is 9.15 Å². The number of nitrogens with one attached hydrogen (secondary N) is 1. The Balaban J connectivity index is 1.31. The molecule has 5 rings (SSSR count). The summed E-state index contributed by atoms with van der Waals surface area (Å²) in [4.78, 5) is 24.7. The van der Waals surface area contributed by atoms with Gasteiger partial charge in [0.1, 0.15) is 22.8 Å². The van der Waals surface area contributed by atoms with Crippen LogP contribution in [0.2, 0.25) is 0 Å². The summed E-state index contributed by atoms with van der Waals surface area (Å²) in [7, 11) is 0. The normalized spacial score (nSPS) is 12.4. The lowest BCUT2D eigenvalue weighted by molar-refractivity contribution is -0.139. The van der Waals surface area contributed by atoms with E-state index < -0.39 is 23.7 Å². The lowest BCUT2D eigenvalue weighted by atomic mass is 9.98. The number of hydrogen-bond donors (Lipinski definition) is 2. The van der Waals surface area contributed by atoms with Crippen LogP contribution in [0.25, 0.3) is 44.2 Å². The smallest absolute Gasteiger partial charge is 0.408 e. The summed E-state index contributed by atoms with van der Waals surface area (Å²) in [6.07, 6.45) is -0.467. The second-order valence-electron chi connectivity index (χ2n) is 10.6. The summed E-state index contributed by atoms with van der Waals surface area (Å²) in [5, 5.41) is 14.2. The van der Waals surface area contributed by atoms with Gasteiger partial charge in [-0.2, -0.15) is 0 Å². The molecular weight excluding hydrogens is 522 g/mol. The molecule has 6 nitrogen and oxygen atoms in total. The molecule has 1 atom stereocenters. The van der Waals surface area contributed by atoms with Gasteiger partial charge in [-0.3, -0.25) is 0 Å². The van der Waals surface area contributed by atoms with Crippen molar-refractivity contribution in [3.8, 4) is 22.3 Å². The summed E-state index contributed by atoms with van der Waals surface area (Å²) in [5.74, 6) is -0.568. The number of carboxylic acids is 1. The molecule has 7 heteroatoms. The highest BCUT2D eigenvalue weighted by atomic mass is 32.2. The van der Waals surface area contributed by atoms with Crippen molar-refractivity contribution in [1.29, 1.82) is 0 Å². The molecule has 4 aromatic carbocycles. The number of ether oxygens (including phenoxy) is 1. The third kappa shape index (κ3) is 6.32. The van der Waals surface area contributed by atoms with E-state index >= 15 is 0 Å². The third-order valence-electron chi connectivity index (χ3n) is 6.41. The summed E-state index contributed by atoms with van der Waals surface area (Å²) in [6, 6.07) is 29.8. The minimum absolute atomic E-state index is 0.264. The Morgan fingerprint density at radius 3 is 2.33 bits per heavy atom. The van der Waals surface area contributed by atoms with E-state index in [2.05, 4.69) is 59.9 Å². The number of amides is 1. The van der Waals surface area contributed by atoms with Crippen molar-refractivity contribution in [2.24, 2.45) is 0 Å². The fourth-order valence-electron chi connectivity index (χ4n) is 4.61. The fraction of sp³-hybridized carbons (Fsp3) is 0.212. The number of alkyl carbamates (subject to hydrolysis) is 1. The second kappa shape index (κ2) is 11.5. The van der Waals surface area contributed by atoms with Crippen LogP contribution in [0.1, 0.15) is 27.2 Å². The van der Waals surface area contributed by atoms with Gasteiger partial charge < -0.3 is 19.6 Å². The minimum Gasteiger partial charge on any atom is -0.480 e. The lowest BCUT2D eigenvalue weighted by Gasteiger charge is -2.22. The minimum atomic E-state index is -1.09. The number of rotatable bonds is 8. The fourth-order valence-corrected chi connectivity index (χ4v) is 5.58. The molecule has 0 bridgehead atoms. The molecular formula is C33H31NO5S. The first-order valence-corrected chi connectivity index (χ1v) is 14.1. The van der Waals surface area contributed by atoms with Crippen LogP contribution >= 0.6 is 11.8 Å². The van der Waals surface area contributed by atoms with E-state index in [1.807, 2.05) is 36.4 Å². The Hall–Kier alpha value is -4.23. The Labute approximate surface area is 237 Å². The number of hydrogen-bond acceptors (Lipinski definition) is 5. The highest BCUT2D eigenvalue weighted by Crippen LogP contribution is 2.37.